The van der Waals surface area contributed by atoms with Gasteiger partial charge in [0.15, 0.2) is 0 Å². The van der Waals surface area contributed by atoms with Crippen LogP contribution in [0.15, 0.2) is 53.4 Å². The molecular weight excluding hydrogens is 527 g/mol. The smallest absolute Gasteiger partial charge is 0.475 e. The van der Waals surface area contributed by atoms with Crippen LogP contribution in [0.1, 0.15) is 24.5 Å². The van der Waals surface area contributed by atoms with Crippen LogP contribution in [0.3, 0.4) is 0 Å². The summed E-state index contributed by atoms with van der Waals surface area (Å²) in [5.74, 6) is -3.00. The van der Waals surface area contributed by atoms with Gasteiger partial charge in [-0.1, -0.05) is 36.4 Å². The number of carbonyl (C=O) groups excluding carboxylic acids is 3. The van der Waals surface area contributed by atoms with Gasteiger partial charge in [0, 0.05) is 42.6 Å². The molecule has 0 fully saturated rings. The Morgan fingerprint density at radius 1 is 1.16 bits per heavy atom. The number of carbonyl (C=O) groups is 4. The number of para-hydroxylation sites is 1. The zero-order valence-electron chi connectivity index (χ0n) is 20.2. The second-order valence-corrected chi connectivity index (χ2v) is 9.02. The maximum absolute atomic E-state index is 13.1. The molecule has 0 saturated heterocycles. The molecule has 38 heavy (non-hydrogen) atoms. The highest BCUT2D eigenvalue weighted by Crippen LogP contribution is 2.34. The molecule has 0 spiro atoms. The van der Waals surface area contributed by atoms with E-state index in [-0.39, 0.29) is 36.5 Å². The van der Waals surface area contributed by atoms with Crippen LogP contribution in [-0.4, -0.2) is 59.1 Å². The molecule has 2 aromatic carbocycles. The Morgan fingerprint density at radius 3 is 2.32 bits per heavy atom. The van der Waals surface area contributed by atoms with Crippen molar-refractivity contribution >= 4 is 47.0 Å². The van der Waals surface area contributed by atoms with E-state index in [0.29, 0.717) is 17.9 Å². The number of nitrogens with two attached hydrogens (primary N) is 1. The van der Waals surface area contributed by atoms with Crippen LogP contribution in [-0.2, 0) is 25.7 Å². The van der Waals surface area contributed by atoms with Crippen molar-refractivity contribution in [1.29, 1.82) is 5.41 Å². The number of nitrogens with one attached hydrogen (secondary N) is 3. The van der Waals surface area contributed by atoms with Crippen molar-refractivity contribution in [2.45, 2.75) is 37.0 Å². The number of fused-ring (bicyclic) bond motifs is 1. The van der Waals surface area contributed by atoms with E-state index in [1.165, 1.54) is 18.7 Å². The van der Waals surface area contributed by atoms with E-state index in [4.69, 9.17) is 21.0 Å². The third-order valence-electron chi connectivity index (χ3n) is 5.06. The fourth-order valence-electron chi connectivity index (χ4n) is 3.24. The molecule has 0 unspecified atom stereocenters. The van der Waals surface area contributed by atoms with E-state index in [1.807, 2.05) is 24.3 Å². The molecule has 0 aromatic heterocycles. The van der Waals surface area contributed by atoms with Crippen LogP contribution in [0, 0.1) is 5.41 Å². The first-order valence-corrected chi connectivity index (χ1v) is 12.1. The number of carboxylic acids is 1. The maximum atomic E-state index is 13.1. The minimum atomic E-state index is -5.08. The van der Waals surface area contributed by atoms with Gasteiger partial charge in [-0.05, 0) is 17.7 Å². The number of thioether (sulfide) groups is 1. The second-order valence-electron chi connectivity index (χ2n) is 7.96. The average molecular weight is 554 g/mol. The van der Waals surface area contributed by atoms with Gasteiger partial charge in [-0.25, -0.2) is 4.79 Å². The summed E-state index contributed by atoms with van der Waals surface area (Å²) < 4.78 is 31.7. The van der Waals surface area contributed by atoms with E-state index >= 15 is 0 Å². The fraction of sp³-hybridized carbons (Fsp3) is 0.292. The molecule has 204 valence electrons. The zero-order chi connectivity index (χ0) is 28.5. The molecule has 3 amide bonds. The van der Waals surface area contributed by atoms with Gasteiger partial charge >= 0.3 is 12.1 Å². The summed E-state index contributed by atoms with van der Waals surface area (Å²) in [5, 5.41) is 20.1. The molecule has 0 bridgehead atoms. The molecule has 1 aliphatic rings. The molecule has 0 saturated carbocycles. The van der Waals surface area contributed by atoms with E-state index in [0.717, 1.165) is 16.1 Å². The molecule has 1 heterocycles. The first-order chi connectivity index (χ1) is 17.8. The van der Waals surface area contributed by atoms with Gasteiger partial charge < -0.3 is 26.4 Å². The molecule has 0 radical (unpaired) electrons. The third-order valence-corrected chi connectivity index (χ3v) is 6.22. The average Bonchev–Trinajstić information content (AvgIpc) is 2.97. The summed E-state index contributed by atoms with van der Waals surface area (Å²) in [5.41, 5.74) is 7.70. The number of anilines is 1. The Morgan fingerprint density at radius 2 is 1.76 bits per heavy atom. The highest BCUT2D eigenvalue weighted by molar-refractivity contribution is 7.99. The largest absolute Gasteiger partial charge is 0.490 e. The predicted octanol–water partition coefficient (Wildman–Crippen LogP) is 2.25. The SMILES string of the molecule is CC(=O)N[C@H]1CSc2ccccc2N(CCC(=O)NCc2ccc(C(=N)N)cc2)C1=O.O=C(O)C(F)(F)F. The first kappa shape index (κ1) is 30.2. The summed E-state index contributed by atoms with van der Waals surface area (Å²) in [6.45, 7) is 1.93. The number of halogens is 3. The Kier molecular flexibility index (Phi) is 10.7. The van der Waals surface area contributed by atoms with E-state index in [2.05, 4.69) is 10.6 Å². The molecular formula is C24H26F3N5O5S. The van der Waals surface area contributed by atoms with Crippen LogP contribution in [0.2, 0.25) is 0 Å². The number of nitrogen functional groups attached to an aromatic ring is 1. The van der Waals surface area contributed by atoms with Gasteiger partial charge in [-0.15, -0.1) is 11.8 Å². The fourth-order valence-corrected chi connectivity index (χ4v) is 4.31. The molecule has 1 atom stereocenters. The molecule has 14 heteroatoms. The van der Waals surface area contributed by atoms with Crippen molar-refractivity contribution in [3.05, 3.63) is 59.7 Å². The number of aliphatic carboxylic acids is 1. The first-order valence-electron chi connectivity index (χ1n) is 11.1. The number of nitrogens with zero attached hydrogens (tertiary/aromatic N) is 1. The Balaban J connectivity index is 0.000000638. The molecule has 1 aliphatic heterocycles. The molecule has 3 rings (SSSR count). The standard InChI is InChI=1S/C22H25N5O3S.C2HF3O2/c1-14(28)26-17-13-31-19-5-3-2-4-18(19)27(22(17)30)11-10-20(29)25-12-15-6-8-16(9-7-15)21(23)24;3-2(4,5)1(6)7/h2-9,17H,10-13H2,1H3,(H3,23,24)(H,25,29)(H,26,28);(H,6,7)/t17-;/m0./s1. The lowest BCUT2D eigenvalue weighted by molar-refractivity contribution is -0.192. The normalized spacial score (nSPS) is 14.8. The van der Waals surface area contributed by atoms with Crippen molar-refractivity contribution in [1.82, 2.24) is 10.6 Å². The summed E-state index contributed by atoms with van der Waals surface area (Å²) in [7, 11) is 0. The Bertz CT molecular complexity index is 1190. The van der Waals surface area contributed by atoms with Gasteiger partial charge in [0.1, 0.15) is 11.9 Å². The van der Waals surface area contributed by atoms with Crippen molar-refractivity contribution in [3.8, 4) is 0 Å². The lowest BCUT2D eigenvalue weighted by Gasteiger charge is -2.25. The quantitative estimate of drug-likeness (QED) is 0.259. The highest BCUT2D eigenvalue weighted by Gasteiger charge is 2.38. The summed E-state index contributed by atoms with van der Waals surface area (Å²) in [6.07, 6.45) is -4.96. The molecule has 10 nitrogen and oxygen atoms in total. The van der Waals surface area contributed by atoms with Crippen molar-refractivity contribution in [2.75, 3.05) is 17.2 Å². The van der Waals surface area contributed by atoms with Gasteiger partial charge in [-0.2, -0.15) is 13.2 Å². The lowest BCUT2D eigenvalue weighted by Crippen LogP contribution is -2.49. The van der Waals surface area contributed by atoms with E-state index < -0.39 is 18.2 Å². The van der Waals surface area contributed by atoms with E-state index in [9.17, 15) is 27.6 Å². The van der Waals surface area contributed by atoms with Crippen LogP contribution in [0.25, 0.3) is 0 Å². The van der Waals surface area contributed by atoms with Gasteiger partial charge in [0.25, 0.3) is 0 Å². The van der Waals surface area contributed by atoms with Crippen LogP contribution in [0.5, 0.6) is 0 Å². The van der Waals surface area contributed by atoms with Crippen LogP contribution >= 0.6 is 11.8 Å². The lowest BCUT2D eigenvalue weighted by atomic mass is 10.1. The van der Waals surface area contributed by atoms with Gasteiger partial charge in [0.05, 0.1) is 5.69 Å². The number of amidine groups is 1. The summed E-state index contributed by atoms with van der Waals surface area (Å²) in [6, 6.07) is 14.0. The van der Waals surface area contributed by atoms with Crippen LogP contribution in [0.4, 0.5) is 18.9 Å². The maximum Gasteiger partial charge on any atom is 0.490 e. The number of rotatable bonds is 7. The molecule has 6 N–H and O–H groups in total. The monoisotopic (exact) mass is 553 g/mol. The van der Waals surface area contributed by atoms with Gasteiger partial charge in [0.2, 0.25) is 17.7 Å². The van der Waals surface area contributed by atoms with Crippen molar-refractivity contribution in [2.24, 2.45) is 5.73 Å². The minimum absolute atomic E-state index is 0.00582. The number of hydrogen-bond donors (Lipinski definition) is 5. The number of hydrogen-bond acceptors (Lipinski definition) is 6. The summed E-state index contributed by atoms with van der Waals surface area (Å²) >= 11 is 1.51. The van der Waals surface area contributed by atoms with Gasteiger partial charge in [-0.3, -0.25) is 19.8 Å². The van der Waals surface area contributed by atoms with Crippen molar-refractivity contribution in [3.63, 3.8) is 0 Å². The molecule has 2 aromatic rings. The van der Waals surface area contributed by atoms with E-state index in [1.54, 1.807) is 29.2 Å². The Labute approximate surface area is 220 Å². The molecule has 0 aliphatic carbocycles. The Hall–Kier alpha value is -4.07. The number of benzene rings is 2. The van der Waals surface area contributed by atoms with Crippen molar-refractivity contribution < 1.29 is 37.5 Å². The number of carboxylic acid groups (broad SMARTS) is 1. The highest BCUT2D eigenvalue weighted by atomic mass is 32.2. The van der Waals surface area contributed by atoms with Crippen LogP contribution < -0.4 is 21.3 Å². The zero-order valence-corrected chi connectivity index (χ0v) is 21.0. The topological polar surface area (TPSA) is 166 Å². The summed E-state index contributed by atoms with van der Waals surface area (Å²) in [4.78, 5) is 48.4. The second kappa shape index (κ2) is 13.5. The third kappa shape index (κ3) is 9.10. The minimum Gasteiger partial charge on any atom is -0.475 e. The number of amides is 3. The predicted molar refractivity (Wildman–Crippen MR) is 135 cm³/mol. The number of alkyl halides is 3.